The van der Waals surface area contributed by atoms with Crippen LogP contribution in [0.1, 0.15) is 23.6 Å². The Kier molecular flexibility index (Phi) is 6.92. The molecule has 0 spiro atoms. The third-order valence-electron chi connectivity index (χ3n) is 3.72. The van der Waals surface area contributed by atoms with E-state index in [0.717, 1.165) is 17.7 Å². The number of rotatable bonds is 6. The van der Waals surface area contributed by atoms with Crippen LogP contribution in [-0.4, -0.2) is 24.7 Å². The number of phenols is 1. The van der Waals surface area contributed by atoms with E-state index in [1.165, 1.54) is 13.2 Å². The standard InChI is InChI=1S/C19H22F3N3O2/c1-3-23-18(25-12-14-7-8-17(27-2)16(26)10-14)24-11-13-5-4-6-15(9-13)19(20,21)22/h4-10,26H,3,11-12H2,1-2H3,(H2,23,24,25). The van der Waals surface area contributed by atoms with Crippen LogP contribution in [0.15, 0.2) is 47.5 Å². The predicted octanol–water partition coefficient (Wildman–Crippen LogP) is 3.67. The van der Waals surface area contributed by atoms with Gasteiger partial charge in [-0.15, -0.1) is 0 Å². The van der Waals surface area contributed by atoms with Crippen molar-refractivity contribution in [3.05, 3.63) is 59.2 Å². The third-order valence-corrected chi connectivity index (χ3v) is 3.72. The molecule has 8 heteroatoms. The number of hydrogen-bond donors (Lipinski definition) is 3. The Balaban J connectivity index is 2.05. The fraction of sp³-hybridized carbons (Fsp3) is 0.316. The number of ether oxygens (including phenoxy) is 1. The van der Waals surface area contributed by atoms with Crippen molar-refractivity contribution in [1.82, 2.24) is 10.6 Å². The summed E-state index contributed by atoms with van der Waals surface area (Å²) in [6.45, 7) is 2.97. The zero-order valence-corrected chi connectivity index (χ0v) is 15.1. The number of alkyl halides is 3. The maximum absolute atomic E-state index is 12.8. The number of aliphatic imine (C=N–C) groups is 1. The Morgan fingerprint density at radius 2 is 1.89 bits per heavy atom. The highest BCUT2D eigenvalue weighted by atomic mass is 19.4. The average molecular weight is 381 g/mol. The van der Waals surface area contributed by atoms with Gasteiger partial charge in [-0.1, -0.05) is 18.2 Å². The van der Waals surface area contributed by atoms with E-state index >= 15 is 0 Å². The summed E-state index contributed by atoms with van der Waals surface area (Å²) in [6, 6.07) is 10.1. The highest BCUT2D eigenvalue weighted by Crippen LogP contribution is 2.29. The molecular weight excluding hydrogens is 359 g/mol. The monoisotopic (exact) mass is 381 g/mol. The summed E-state index contributed by atoms with van der Waals surface area (Å²) < 4.78 is 43.4. The largest absolute Gasteiger partial charge is 0.504 e. The second-order valence-electron chi connectivity index (χ2n) is 5.75. The van der Waals surface area contributed by atoms with Gasteiger partial charge in [0.05, 0.1) is 19.2 Å². The van der Waals surface area contributed by atoms with Gasteiger partial charge < -0.3 is 20.5 Å². The molecule has 2 rings (SSSR count). The minimum absolute atomic E-state index is 0.0303. The Morgan fingerprint density at radius 3 is 2.52 bits per heavy atom. The van der Waals surface area contributed by atoms with Crippen molar-refractivity contribution in [2.45, 2.75) is 26.2 Å². The van der Waals surface area contributed by atoms with E-state index in [1.54, 1.807) is 24.3 Å². The molecule has 0 saturated heterocycles. The minimum atomic E-state index is -4.38. The molecule has 0 bridgehead atoms. The van der Waals surface area contributed by atoms with Crippen molar-refractivity contribution in [2.24, 2.45) is 4.99 Å². The molecule has 0 atom stereocenters. The van der Waals surface area contributed by atoms with Crippen LogP contribution in [0.4, 0.5) is 13.2 Å². The fourth-order valence-electron chi connectivity index (χ4n) is 2.39. The summed E-state index contributed by atoms with van der Waals surface area (Å²) in [5.41, 5.74) is 0.573. The zero-order valence-electron chi connectivity index (χ0n) is 15.1. The molecule has 0 radical (unpaired) electrons. The smallest absolute Gasteiger partial charge is 0.416 e. The molecule has 27 heavy (non-hydrogen) atoms. The van der Waals surface area contributed by atoms with Gasteiger partial charge in [0.1, 0.15) is 0 Å². The van der Waals surface area contributed by atoms with Crippen LogP contribution in [0.3, 0.4) is 0 Å². The van der Waals surface area contributed by atoms with Crippen LogP contribution >= 0.6 is 0 Å². The zero-order chi connectivity index (χ0) is 19.9. The van der Waals surface area contributed by atoms with Gasteiger partial charge in [-0.2, -0.15) is 13.2 Å². The van der Waals surface area contributed by atoms with Crippen LogP contribution in [0.5, 0.6) is 11.5 Å². The van der Waals surface area contributed by atoms with Crippen molar-refractivity contribution in [3.63, 3.8) is 0 Å². The molecule has 3 N–H and O–H groups in total. The number of nitrogens with zero attached hydrogens (tertiary/aromatic N) is 1. The van der Waals surface area contributed by atoms with Crippen molar-refractivity contribution in [2.75, 3.05) is 13.7 Å². The molecule has 146 valence electrons. The lowest BCUT2D eigenvalue weighted by Crippen LogP contribution is -2.36. The lowest BCUT2D eigenvalue weighted by molar-refractivity contribution is -0.137. The third kappa shape index (κ3) is 6.09. The van der Waals surface area contributed by atoms with E-state index in [9.17, 15) is 18.3 Å². The SMILES string of the molecule is CCNC(=NCc1cccc(C(F)(F)F)c1)NCc1ccc(OC)c(O)c1. The molecule has 0 aromatic heterocycles. The molecule has 0 aliphatic heterocycles. The normalized spacial score (nSPS) is 12.0. The molecule has 0 heterocycles. The van der Waals surface area contributed by atoms with Gasteiger partial charge in [-0.05, 0) is 42.3 Å². The Morgan fingerprint density at radius 1 is 1.11 bits per heavy atom. The minimum Gasteiger partial charge on any atom is -0.504 e. The van der Waals surface area contributed by atoms with Crippen molar-refractivity contribution < 1.29 is 23.0 Å². The fourth-order valence-corrected chi connectivity index (χ4v) is 2.39. The van der Waals surface area contributed by atoms with Gasteiger partial charge in [-0.25, -0.2) is 4.99 Å². The summed E-state index contributed by atoms with van der Waals surface area (Å²) in [6.07, 6.45) is -4.38. The molecule has 0 amide bonds. The number of methoxy groups -OCH3 is 1. The van der Waals surface area contributed by atoms with Gasteiger partial charge in [0.15, 0.2) is 17.5 Å². The molecule has 0 unspecified atom stereocenters. The summed E-state index contributed by atoms with van der Waals surface area (Å²) in [7, 11) is 1.47. The maximum atomic E-state index is 12.8. The Labute approximate surface area is 155 Å². The summed E-state index contributed by atoms with van der Waals surface area (Å²) in [5, 5.41) is 15.9. The molecule has 2 aromatic rings. The van der Waals surface area contributed by atoms with Gasteiger partial charge in [0, 0.05) is 13.1 Å². The van der Waals surface area contributed by atoms with E-state index in [0.29, 0.717) is 30.4 Å². The Hall–Kier alpha value is -2.90. The number of guanidine groups is 1. The van der Waals surface area contributed by atoms with Crippen LogP contribution in [0, 0.1) is 0 Å². The van der Waals surface area contributed by atoms with Crippen LogP contribution in [-0.2, 0) is 19.3 Å². The molecule has 5 nitrogen and oxygen atoms in total. The van der Waals surface area contributed by atoms with Gasteiger partial charge in [0.2, 0.25) is 0 Å². The van der Waals surface area contributed by atoms with Gasteiger partial charge >= 0.3 is 6.18 Å². The second kappa shape index (κ2) is 9.16. The number of benzene rings is 2. The van der Waals surface area contributed by atoms with Gasteiger partial charge in [0.25, 0.3) is 0 Å². The maximum Gasteiger partial charge on any atom is 0.416 e. The molecule has 0 aliphatic carbocycles. The number of halogens is 3. The van der Waals surface area contributed by atoms with E-state index < -0.39 is 11.7 Å². The number of nitrogens with one attached hydrogen (secondary N) is 2. The summed E-state index contributed by atoms with van der Waals surface area (Å²) in [4.78, 5) is 4.32. The van der Waals surface area contributed by atoms with Crippen molar-refractivity contribution >= 4 is 5.96 Å². The van der Waals surface area contributed by atoms with Crippen molar-refractivity contribution in [3.8, 4) is 11.5 Å². The van der Waals surface area contributed by atoms with Crippen molar-refractivity contribution in [1.29, 1.82) is 0 Å². The van der Waals surface area contributed by atoms with Crippen LogP contribution < -0.4 is 15.4 Å². The Bertz CT molecular complexity index is 792. The first-order valence-corrected chi connectivity index (χ1v) is 8.37. The first-order valence-electron chi connectivity index (χ1n) is 8.37. The van der Waals surface area contributed by atoms with E-state index in [-0.39, 0.29) is 12.3 Å². The molecule has 0 saturated carbocycles. The number of phenolic OH excluding ortho intramolecular Hbond substituents is 1. The van der Waals surface area contributed by atoms with E-state index in [2.05, 4.69) is 15.6 Å². The quantitative estimate of drug-likeness (QED) is 0.528. The van der Waals surface area contributed by atoms with Gasteiger partial charge in [-0.3, -0.25) is 0 Å². The first-order chi connectivity index (χ1) is 12.8. The second-order valence-corrected chi connectivity index (χ2v) is 5.75. The molecule has 0 aliphatic rings. The molecule has 2 aromatic carbocycles. The molecule has 0 fully saturated rings. The summed E-state index contributed by atoms with van der Waals surface area (Å²) >= 11 is 0. The highest BCUT2D eigenvalue weighted by molar-refractivity contribution is 5.79. The lowest BCUT2D eigenvalue weighted by atomic mass is 10.1. The number of aromatic hydroxyl groups is 1. The van der Waals surface area contributed by atoms with E-state index in [4.69, 9.17) is 4.74 Å². The number of hydrogen-bond acceptors (Lipinski definition) is 3. The summed E-state index contributed by atoms with van der Waals surface area (Å²) in [5.74, 6) is 0.872. The van der Waals surface area contributed by atoms with Crippen LogP contribution in [0.25, 0.3) is 0 Å². The molecular formula is C19H22F3N3O2. The highest BCUT2D eigenvalue weighted by Gasteiger charge is 2.30. The lowest BCUT2D eigenvalue weighted by Gasteiger charge is -2.13. The average Bonchev–Trinajstić information content (AvgIpc) is 2.63. The topological polar surface area (TPSA) is 65.9 Å². The van der Waals surface area contributed by atoms with E-state index in [1.807, 2.05) is 6.92 Å². The van der Waals surface area contributed by atoms with Crippen LogP contribution in [0.2, 0.25) is 0 Å². The predicted molar refractivity (Wildman–Crippen MR) is 97.8 cm³/mol. The first kappa shape index (κ1) is 20.4.